The topological polar surface area (TPSA) is 75.3 Å². The molecule has 5 nitrogen and oxygen atoms in total. The Morgan fingerprint density at radius 1 is 1.17 bits per heavy atom. The standard InChI is InChI=1S/C16H13IN2O3S/c1-2-10-18-23(21,22)15-8-6-12(7-9-15)16(20)19-14-5-3-4-13(17)11-14/h1,3-9,11,18H,10H2,(H,19,20). The van der Waals surface area contributed by atoms with Crippen molar-refractivity contribution in [2.45, 2.75) is 4.90 Å². The molecule has 2 rings (SSSR count). The number of rotatable bonds is 5. The third-order valence-electron chi connectivity index (χ3n) is 2.87. The van der Waals surface area contributed by atoms with Crippen LogP contribution in [-0.2, 0) is 10.0 Å². The van der Waals surface area contributed by atoms with Crippen molar-refractivity contribution in [1.29, 1.82) is 0 Å². The molecule has 0 spiro atoms. The quantitative estimate of drug-likeness (QED) is 0.554. The molecule has 2 aromatic carbocycles. The summed E-state index contributed by atoms with van der Waals surface area (Å²) in [6, 6.07) is 13.0. The number of amides is 1. The highest BCUT2D eigenvalue weighted by Gasteiger charge is 2.14. The Balaban J connectivity index is 2.13. The Hall–Kier alpha value is -1.89. The van der Waals surface area contributed by atoms with Crippen LogP contribution < -0.4 is 10.0 Å². The van der Waals surface area contributed by atoms with Crippen LogP contribution in [-0.4, -0.2) is 20.9 Å². The first-order chi connectivity index (χ1) is 10.9. The summed E-state index contributed by atoms with van der Waals surface area (Å²) < 4.78 is 27.0. The minimum Gasteiger partial charge on any atom is -0.322 e. The highest BCUT2D eigenvalue weighted by molar-refractivity contribution is 14.1. The lowest BCUT2D eigenvalue weighted by atomic mass is 10.2. The molecular formula is C16H13IN2O3S. The van der Waals surface area contributed by atoms with Crippen molar-refractivity contribution in [1.82, 2.24) is 4.72 Å². The van der Waals surface area contributed by atoms with Gasteiger partial charge in [0.15, 0.2) is 0 Å². The summed E-state index contributed by atoms with van der Waals surface area (Å²) in [4.78, 5) is 12.2. The Morgan fingerprint density at radius 3 is 2.48 bits per heavy atom. The molecule has 0 aromatic heterocycles. The number of hydrogen-bond donors (Lipinski definition) is 2. The molecule has 0 aliphatic carbocycles. The number of carbonyl (C=O) groups excluding carboxylic acids is 1. The van der Waals surface area contributed by atoms with Crippen molar-refractivity contribution in [3.05, 3.63) is 57.7 Å². The van der Waals surface area contributed by atoms with Crippen molar-refractivity contribution in [2.24, 2.45) is 0 Å². The molecule has 7 heteroatoms. The molecule has 0 saturated carbocycles. The summed E-state index contributed by atoms with van der Waals surface area (Å²) in [6.07, 6.45) is 5.03. The fourth-order valence-corrected chi connectivity index (χ4v) is 3.25. The van der Waals surface area contributed by atoms with Gasteiger partial charge in [-0.2, -0.15) is 4.72 Å². The van der Waals surface area contributed by atoms with E-state index in [1.165, 1.54) is 24.3 Å². The maximum Gasteiger partial charge on any atom is 0.255 e. The summed E-state index contributed by atoms with van der Waals surface area (Å²) >= 11 is 2.15. The van der Waals surface area contributed by atoms with E-state index in [1.807, 2.05) is 18.2 Å². The van der Waals surface area contributed by atoms with E-state index in [1.54, 1.807) is 6.07 Å². The SMILES string of the molecule is C#CCNS(=O)(=O)c1ccc(C(=O)Nc2cccc(I)c2)cc1. The molecule has 0 bridgehead atoms. The van der Waals surface area contributed by atoms with E-state index in [9.17, 15) is 13.2 Å². The minimum absolute atomic E-state index is 0.0542. The third-order valence-corrected chi connectivity index (χ3v) is 4.96. The van der Waals surface area contributed by atoms with Gasteiger partial charge in [-0.3, -0.25) is 4.79 Å². The second-order valence-corrected chi connectivity index (χ2v) is 7.53. The van der Waals surface area contributed by atoms with Crippen LogP contribution in [0.2, 0.25) is 0 Å². The van der Waals surface area contributed by atoms with Crippen LogP contribution in [0.1, 0.15) is 10.4 Å². The van der Waals surface area contributed by atoms with Gasteiger partial charge >= 0.3 is 0 Å². The van der Waals surface area contributed by atoms with Crippen LogP contribution >= 0.6 is 22.6 Å². The van der Waals surface area contributed by atoms with Gasteiger partial charge in [0.2, 0.25) is 10.0 Å². The van der Waals surface area contributed by atoms with Crippen LogP contribution in [0.3, 0.4) is 0 Å². The van der Waals surface area contributed by atoms with E-state index in [-0.39, 0.29) is 17.3 Å². The fourth-order valence-electron chi connectivity index (χ4n) is 1.77. The zero-order valence-electron chi connectivity index (χ0n) is 11.9. The van der Waals surface area contributed by atoms with Gasteiger partial charge in [-0.25, -0.2) is 8.42 Å². The van der Waals surface area contributed by atoms with Crippen molar-refractivity contribution in [3.8, 4) is 12.3 Å². The van der Waals surface area contributed by atoms with E-state index in [2.05, 4.69) is 38.6 Å². The van der Waals surface area contributed by atoms with E-state index < -0.39 is 10.0 Å². The van der Waals surface area contributed by atoms with Crippen LogP contribution in [0.4, 0.5) is 5.69 Å². The maximum absolute atomic E-state index is 12.2. The second kappa shape index (κ2) is 7.59. The van der Waals surface area contributed by atoms with E-state index in [0.717, 1.165) is 3.57 Å². The summed E-state index contributed by atoms with van der Waals surface area (Å²) in [7, 11) is -3.65. The van der Waals surface area contributed by atoms with Crippen LogP contribution in [0.5, 0.6) is 0 Å². The largest absolute Gasteiger partial charge is 0.322 e. The lowest BCUT2D eigenvalue weighted by Gasteiger charge is -2.07. The number of sulfonamides is 1. The molecule has 0 fully saturated rings. The number of carbonyl (C=O) groups is 1. The fraction of sp³-hybridized carbons (Fsp3) is 0.0625. The molecule has 0 unspecified atom stereocenters. The molecule has 0 aliphatic heterocycles. The third kappa shape index (κ3) is 4.79. The molecule has 0 heterocycles. The van der Waals surface area contributed by atoms with Crippen molar-refractivity contribution in [3.63, 3.8) is 0 Å². The molecule has 23 heavy (non-hydrogen) atoms. The van der Waals surface area contributed by atoms with Crippen molar-refractivity contribution in [2.75, 3.05) is 11.9 Å². The molecule has 1 amide bonds. The lowest BCUT2D eigenvalue weighted by Crippen LogP contribution is -2.24. The Bertz CT molecular complexity index is 856. The highest BCUT2D eigenvalue weighted by atomic mass is 127. The number of benzene rings is 2. The van der Waals surface area contributed by atoms with E-state index >= 15 is 0 Å². The van der Waals surface area contributed by atoms with Gasteiger partial charge in [-0.05, 0) is 65.1 Å². The molecular weight excluding hydrogens is 427 g/mol. The molecule has 118 valence electrons. The summed E-state index contributed by atoms with van der Waals surface area (Å²) in [5.74, 6) is 1.89. The van der Waals surface area contributed by atoms with E-state index in [0.29, 0.717) is 11.3 Å². The molecule has 0 aliphatic rings. The van der Waals surface area contributed by atoms with Crippen LogP contribution in [0.25, 0.3) is 0 Å². The van der Waals surface area contributed by atoms with Gasteiger partial charge < -0.3 is 5.32 Å². The number of nitrogens with one attached hydrogen (secondary N) is 2. The molecule has 0 saturated heterocycles. The van der Waals surface area contributed by atoms with E-state index in [4.69, 9.17) is 6.42 Å². The van der Waals surface area contributed by atoms with Gasteiger partial charge in [-0.15, -0.1) is 6.42 Å². The highest BCUT2D eigenvalue weighted by Crippen LogP contribution is 2.15. The number of halogens is 1. The predicted octanol–water partition coefficient (Wildman–Crippen LogP) is 2.46. The predicted molar refractivity (Wildman–Crippen MR) is 97.6 cm³/mol. The summed E-state index contributed by atoms with van der Waals surface area (Å²) in [6.45, 7) is -0.0861. The first-order valence-electron chi connectivity index (χ1n) is 6.52. The normalized spacial score (nSPS) is 10.8. The van der Waals surface area contributed by atoms with Gasteiger partial charge in [0.05, 0.1) is 11.4 Å². The number of hydrogen-bond acceptors (Lipinski definition) is 3. The van der Waals surface area contributed by atoms with Crippen LogP contribution in [0, 0.1) is 15.9 Å². The lowest BCUT2D eigenvalue weighted by molar-refractivity contribution is 0.102. The number of anilines is 1. The monoisotopic (exact) mass is 440 g/mol. The molecule has 0 radical (unpaired) electrons. The first kappa shape index (κ1) is 17.5. The Labute approximate surface area is 148 Å². The average Bonchev–Trinajstić information content (AvgIpc) is 2.53. The first-order valence-corrected chi connectivity index (χ1v) is 9.09. The molecule has 0 atom stereocenters. The summed E-state index contributed by atoms with van der Waals surface area (Å²) in [5.41, 5.74) is 1.04. The second-order valence-electron chi connectivity index (χ2n) is 4.52. The van der Waals surface area contributed by atoms with Gasteiger partial charge in [0, 0.05) is 14.8 Å². The maximum atomic E-state index is 12.2. The van der Waals surface area contributed by atoms with Crippen molar-refractivity contribution >= 4 is 44.2 Å². The zero-order chi connectivity index (χ0) is 16.9. The molecule has 2 aromatic rings. The van der Waals surface area contributed by atoms with Gasteiger partial charge in [-0.1, -0.05) is 12.0 Å². The van der Waals surface area contributed by atoms with Crippen LogP contribution in [0.15, 0.2) is 53.4 Å². The van der Waals surface area contributed by atoms with Gasteiger partial charge in [0.25, 0.3) is 5.91 Å². The van der Waals surface area contributed by atoms with Crippen molar-refractivity contribution < 1.29 is 13.2 Å². The molecule has 2 N–H and O–H groups in total. The minimum atomic E-state index is -3.65. The Kier molecular flexibility index (Phi) is 5.76. The zero-order valence-corrected chi connectivity index (χ0v) is 14.9. The smallest absolute Gasteiger partial charge is 0.255 e. The number of terminal acetylenes is 1. The average molecular weight is 440 g/mol. The van der Waals surface area contributed by atoms with Gasteiger partial charge in [0.1, 0.15) is 0 Å². The summed E-state index contributed by atoms with van der Waals surface area (Å²) in [5, 5.41) is 2.76. The Morgan fingerprint density at radius 2 is 1.87 bits per heavy atom.